The van der Waals surface area contributed by atoms with Crippen molar-refractivity contribution in [3.05, 3.63) is 215 Å². The fourth-order valence-electron chi connectivity index (χ4n) is 15.6. The molecule has 2 fully saturated rings. The second-order valence-electron chi connectivity index (χ2n) is 37.5. The van der Waals surface area contributed by atoms with Crippen molar-refractivity contribution in [3.63, 3.8) is 0 Å². The number of ether oxygens (including phenoxy) is 4. The van der Waals surface area contributed by atoms with Gasteiger partial charge in [0.1, 0.15) is 83.6 Å². The van der Waals surface area contributed by atoms with E-state index in [1.807, 2.05) is 24.3 Å². The molecule has 2 saturated heterocycles. The average molecular weight is 2180 g/mol. The summed E-state index contributed by atoms with van der Waals surface area (Å²) in [6, 6.07) is 46.5. The fourth-order valence-corrected chi connectivity index (χ4v) is 23.4. The zero-order chi connectivity index (χ0) is 106. The molecular weight excluding hydrogens is 2060 g/mol. The second-order valence-corrected chi connectivity index (χ2v) is 59.0. The summed E-state index contributed by atoms with van der Waals surface area (Å²) in [6.45, 7) is 34.0. The molecule has 0 atom stereocenters. The van der Waals surface area contributed by atoms with Gasteiger partial charge in [0, 0.05) is 90.4 Å². The van der Waals surface area contributed by atoms with Gasteiger partial charge in [0.05, 0.1) is 116 Å². The lowest BCUT2D eigenvalue weighted by molar-refractivity contribution is -0.137. The van der Waals surface area contributed by atoms with Gasteiger partial charge in [0.25, 0.3) is 0 Å². The van der Waals surface area contributed by atoms with Gasteiger partial charge in [-0.05, 0) is 244 Å². The van der Waals surface area contributed by atoms with Gasteiger partial charge in [-0.15, -0.1) is 0 Å². The number of alkyl halides is 3. The molecule has 4 aromatic heterocycles. The van der Waals surface area contributed by atoms with Gasteiger partial charge in [-0.1, -0.05) is 83.3 Å². The SMILES string of the molecule is CN1CCN(C2CCN(c3ccc(Nc4ncc(Cl)c(Nc5ccccc5P(C)(C)=O)n4)c4c3CC(C)(C)O4)CC2)CC1.COc1cc(P(C)(C)=O)ccc1Nc1ncc(C(F)(F)F)c(Nc2ccccc2S(=O)(=O)C(C)C)n1.COc1cc(P(C)(C)=O)ccc1Nc1ncc(Cl)c(Nc2ccccc2S(=O)(=O)C(C)C)n1.COc1cc(P(C)(C)=O)ccc1Nc1ncc(Cl)c(Nc2ccccc2S(=O)(=O)C(C)C)n1. The maximum Gasteiger partial charge on any atom is 0.421 e. The van der Waals surface area contributed by atoms with E-state index >= 15 is 0 Å². The van der Waals surface area contributed by atoms with Crippen LogP contribution in [0.4, 0.5) is 111 Å². The Kier molecular flexibility index (Phi) is 36.1. The Balaban J connectivity index is 0.000000173. The van der Waals surface area contributed by atoms with E-state index in [-0.39, 0.29) is 65.5 Å². The summed E-state index contributed by atoms with van der Waals surface area (Å²) in [5, 5.41) is 25.7. The molecule has 3 aliphatic rings. The van der Waals surface area contributed by atoms with Crippen molar-refractivity contribution in [3.8, 4) is 23.0 Å². The highest BCUT2D eigenvalue weighted by molar-refractivity contribution is 7.92. The lowest BCUT2D eigenvalue weighted by Crippen LogP contribution is -2.52. The standard InChI is InChI=1S/C32H43ClN7O2P.C23H26F3N4O4PS.2C22H26ClN4O4PS/c1-32(2)20-23-27(40-14-12-22(13-15-40)39-18-16-38(3)17-19-39)11-10-26(29(23)42-32)36-31-34-21-24(33)30(37-31)35-25-8-6-7-9-28(25)43(4,5)41;1-14(2)36(32,33)20-9-7-6-8-18(20)28-21-16(23(24,25)26)13-27-22(30-21)29-17-11-10-15(35(4,5)31)12-19(17)34-3;2*1-14(2)33(29,30)20-9-7-6-8-18(20)25-21-16(23)13-24-22(27-21)26-17-11-10-15(32(4,5)28)12-19(17)31-3/h6-11,21-22H,12-20H2,1-5H3,(H2,34,35,36,37);6-14H,1-5H3,(H2,27,28,29,30);2*6-14H,1-5H3,(H2,24,25,26,27). The van der Waals surface area contributed by atoms with Crippen LogP contribution in [0.15, 0.2) is 203 Å². The summed E-state index contributed by atoms with van der Waals surface area (Å²) in [4.78, 5) is 41.9. The Labute approximate surface area is 860 Å². The van der Waals surface area contributed by atoms with E-state index in [0.717, 1.165) is 49.3 Å². The zero-order valence-electron chi connectivity index (χ0n) is 84.0. The molecule has 33 nitrogen and oxygen atoms in total. The Morgan fingerprint density at radius 3 is 1.09 bits per heavy atom. The third-order valence-electron chi connectivity index (χ3n) is 23.7. The molecule has 3 aliphatic heterocycles. The second kappa shape index (κ2) is 46.5. The van der Waals surface area contributed by atoms with Gasteiger partial charge in [-0.3, -0.25) is 4.90 Å². The number of benzene rings is 8. The minimum atomic E-state index is -4.81. The topological polar surface area (TPSA) is 417 Å². The Bertz CT molecular complexity index is 7120. The summed E-state index contributed by atoms with van der Waals surface area (Å²) in [5.74, 6) is 3.05. The molecule has 776 valence electrons. The molecule has 8 aromatic carbocycles. The number of anilines is 17. The van der Waals surface area contributed by atoms with Crippen LogP contribution in [-0.4, -0.2) is 223 Å². The third-order valence-corrected chi connectivity index (χ3v) is 37.3. The Morgan fingerprint density at radius 1 is 0.414 bits per heavy atom. The minimum absolute atomic E-state index is 0.0510. The van der Waals surface area contributed by atoms with Gasteiger partial charge in [-0.2, -0.15) is 33.1 Å². The molecule has 0 bridgehead atoms. The number of aromatic nitrogens is 8. The van der Waals surface area contributed by atoms with Crippen LogP contribution in [0.5, 0.6) is 23.0 Å². The lowest BCUT2D eigenvalue weighted by Gasteiger charge is -2.43. The minimum Gasteiger partial charge on any atom is -0.495 e. The monoisotopic (exact) mass is 2180 g/mol. The largest absolute Gasteiger partial charge is 0.495 e. The van der Waals surface area contributed by atoms with Gasteiger partial charge in [0.2, 0.25) is 23.8 Å². The van der Waals surface area contributed by atoms with Crippen molar-refractivity contribution in [2.45, 2.75) is 123 Å². The van der Waals surface area contributed by atoms with Crippen LogP contribution in [0.3, 0.4) is 0 Å². The van der Waals surface area contributed by atoms with Crippen LogP contribution in [-0.2, 0) is 60.4 Å². The molecule has 0 saturated carbocycles. The van der Waals surface area contributed by atoms with Crippen molar-refractivity contribution < 1.29 is 75.6 Å². The summed E-state index contributed by atoms with van der Waals surface area (Å²) >= 11 is 19.1. The van der Waals surface area contributed by atoms with Crippen molar-refractivity contribution in [1.82, 2.24) is 49.7 Å². The maximum atomic E-state index is 13.7. The van der Waals surface area contributed by atoms with Crippen LogP contribution in [0, 0.1) is 0 Å². The summed E-state index contributed by atoms with van der Waals surface area (Å²) < 4.78 is 191. The van der Waals surface area contributed by atoms with Crippen LogP contribution in [0.25, 0.3) is 0 Å². The normalized spacial score (nSPS) is 14.4. The molecule has 7 heterocycles. The number of likely N-dealkylation sites (N-methyl/N-ethyl adjacent to an activating group) is 1. The average Bonchev–Trinajstić information content (AvgIpc) is 1.35. The predicted molar refractivity (Wildman–Crippen MR) is 582 cm³/mol. The van der Waals surface area contributed by atoms with E-state index in [1.54, 1.807) is 190 Å². The number of rotatable bonds is 31. The van der Waals surface area contributed by atoms with Crippen LogP contribution < -0.4 is 87.6 Å². The molecule has 0 aliphatic carbocycles. The molecule has 0 radical (unpaired) electrons. The molecule has 12 aromatic rings. The Hall–Kier alpha value is -11.2. The fraction of sp³-hybridized carbons (Fsp3) is 0.354. The molecule has 145 heavy (non-hydrogen) atoms. The van der Waals surface area contributed by atoms with Crippen molar-refractivity contribution in [2.75, 3.05) is 168 Å². The van der Waals surface area contributed by atoms with E-state index in [0.29, 0.717) is 96.3 Å². The molecule has 0 unspecified atom stereocenters. The molecule has 46 heteroatoms. The first-order valence-electron chi connectivity index (χ1n) is 46.0. The van der Waals surface area contributed by atoms with Gasteiger partial charge in [-0.25, -0.2) is 45.2 Å². The number of nitrogens with zero attached hydrogens (tertiary/aromatic N) is 11. The van der Waals surface area contributed by atoms with Crippen LogP contribution in [0.1, 0.15) is 79.4 Å². The number of fused-ring (bicyclic) bond motifs is 1. The highest BCUT2D eigenvalue weighted by Gasteiger charge is 2.40. The van der Waals surface area contributed by atoms with Gasteiger partial charge >= 0.3 is 6.18 Å². The van der Waals surface area contributed by atoms with Crippen molar-refractivity contribution >= 4 is 212 Å². The van der Waals surface area contributed by atoms with E-state index < -0.39 is 91.4 Å². The number of halogens is 6. The first-order valence-corrected chi connectivity index (χ1v) is 62.2. The number of piperazine rings is 1. The number of hydrogen-bond donors (Lipinski definition) is 8. The quantitative estimate of drug-likeness (QED) is 0.0187. The third kappa shape index (κ3) is 28.4. The van der Waals surface area contributed by atoms with Crippen LogP contribution in [0.2, 0.25) is 15.1 Å². The number of para-hydroxylation sites is 4. The molecule has 0 amide bonds. The number of piperidine rings is 1. The van der Waals surface area contributed by atoms with E-state index in [9.17, 15) is 56.7 Å². The van der Waals surface area contributed by atoms with Crippen molar-refractivity contribution in [2.24, 2.45) is 0 Å². The molecular formula is C99H121Cl3F3N19O14P4S3. The number of sulfone groups is 3. The molecule has 0 spiro atoms. The van der Waals surface area contributed by atoms with Gasteiger partial charge < -0.3 is 89.5 Å². The van der Waals surface area contributed by atoms with Crippen LogP contribution >= 0.6 is 63.4 Å². The first-order chi connectivity index (χ1) is 68.0. The van der Waals surface area contributed by atoms with E-state index in [2.05, 4.69) is 130 Å². The smallest absolute Gasteiger partial charge is 0.421 e. The highest BCUT2D eigenvalue weighted by atomic mass is 35.5. The predicted octanol–water partition coefficient (Wildman–Crippen LogP) is 21.3. The van der Waals surface area contributed by atoms with E-state index in [4.69, 9.17) is 53.8 Å². The van der Waals surface area contributed by atoms with Gasteiger partial charge in [0.15, 0.2) is 47.0 Å². The first kappa shape index (κ1) is 113. The summed E-state index contributed by atoms with van der Waals surface area (Å²) in [6.07, 6.45) is 3.39. The summed E-state index contributed by atoms with van der Waals surface area (Å²) in [7, 11) is -14.2. The Morgan fingerprint density at radius 2 is 0.738 bits per heavy atom. The maximum absolute atomic E-state index is 13.7. The number of methoxy groups -OCH3 is 3. The van der Waals surface area contributed by atoms with Crippen molar-refractivity contribution in [1.29, 1.82) is 0 Å². The number of hydrogen-bond acceptors (Lipinski definition) is 33. The van der Waals surface area contributed by atoms with E-state index in [1.165, 1.54) is 109 Å². The highest BCUT2D eigenvalue weighted by Crippen LogP contribution is 2.50. The molecule has 8 N–H and O–H groups in total. The summed E-state index contributed by atoms with van der Waals surface area (Å²) in [5.41, 5.74) is 4.72. The molecule has 15 rings (SSSR count). The zero-order valence-corrected chi connectivity index (χ0v) is 92.3. The lowest BCUT2D eigenvalue weighted by atomic mass is 9.96. The number of nitrogens with one attached hydrogen (secondary N) is 8.